The Morgan fingerprint density at radius 1 is 1.14 bits per heavy atom. The standard InChI is InChI=1S/C22H24Br2F2N2/c1-10(2)19-17(24)18(25)14(9-27-19)13-7-15(13)22(3,4)20-16(23)8-12(11-5-6-11)21(26)28-20/h8-11,13,15H,5-7H2,1-4H3. The topological polar surface area (TPSA) is 25.8 Å². The molecule has 2 aliphatic rings. The summed E-state index contributed by atoms with van der Waals surface area (Å²) in [5.74, 6) is 0.145. The molecule has 0 spiro atoms. The number of nitrogens with zero attached hydrogens (tertiary/aromatic N) is 2. The van der Waals surface area contributed by atoms with E-state index in [0.717, 1.165) is 29.4 Å². The van der Waals surface area contributed by atoms with E-state index >= 15 is 0 Å². The summed E-state index contributed by atoms with van der Waals surface area (Å²) in [4.78, 5) is 8.83. The van der Waals surface area contributed by atoms with Crippen molar-refractivity contribution in [3.63, 3.8) is 0 Å². The van der Waals surface area contributed by atoms with E-state index in [-0.39, 0.29) is 34.9 Å². The molecule has 2 saturated carbocycles. The second kappa shape index (κ2) is 7.12. The van der Waals surface area contributed by atoms with Gasteiger partial charge in [-0.15, -0.1) is 0 Å². The van der Waals surface area contributed by atoms with Crippen molar-refractivity contribution < 1.29 is 8.78 Å². The van der Waals surface area contributed by atoms with Crippen LogP contribution in [-0.4, -0.2) is 9.97 Å². The Kier molecular flexibility index (Phi) is 5.18. The Balaban J connectivity index is 1.63. The van der Waals surface area contributed by atoms with E-state index in [9.17, 15) is 8.78 Å². The lowest BCUT2D eigenvalue weighted by Crippen LogP contribution is -2.24. The first-order valence-electron chi connectivity index (χ1n) is 9.83. The van der Waals surface area contributed by atoms with Gasteiger partial charge in [-0.2, -0.15) is 4.39 Å². The van der Waals surface area contributed by atoms with Crippen molar-refractivity contribution in [3.05, 3.63) is 55.5 Å². The van der Waals surface area contributed by atoms with Crippen molar-refractivity contribution >= 4 is 31.9 Å². The maximum atomic E-state index is 15.0. The van der Waals surface area contributed by atoms with E-state index in [1.54, 1.807) is 6.20 Å². The van der Waals surface area contributed by atoms with Crippen LogP contribution in [0.15, 0.2) is 21.2 Å². The zero-order valence-electron chi connectivity index (χ0n) is 16.5. The Labute approximate surface area is 181 Å². The van der Waals surface area contributed by atoms with E-state index in [2.05, 4.69) is 55.7 Å². The van der Waals surface area contributed by atoms with E-state index in [1.165, 1.54) is 0 Å². The van der Waals surface area contributed by atoms with E-state index < -0.39 is 0 Å². The SMILES string of the molecule is CC(C)c1ncc(C2CC2C(C)(C)c2nc(F)c(C3CC3)cc2Br)c(F)c1Br. The summed E-state index contributed by atoms with van der Waals surface area (Å²) in [7, 11) is 0. The average Bonchev–Trinajstić information content (AvgIpc) is 3.51. The van der Waals surface area contributed by atoms with Gasteiger partial charge in [0.15, 0.2) is 0 Å². The molecule has 4 rings (SSSR count). The normalized spacial score (nSPS) is 22.0. The van der Waals surface area contributed by atoms with Gasteiger partial charge >= 0.3 is 0 Å². The zero-order valence-corrected chi connectivity index (χ0v) is 19.7. The number of rotatable bonds is 5. The highest BCUT2D eigenvalue weighted by Crippen LogP contribution is 2.59. The molecule has 0 radical (unpaired) electrons. The molecule has 0 saturated heterocycles. The fraction of sp³-hybridized carbons (Fsp3) is 0.545. The molecule has 6 heteroatoms. The van der Waals surface area contributed by atoms with E-state index in [4.69, 9.17) is 0 Å². The molecule has 0 N–H and O–H groups in total. The van der Waals surface area contributed by atoms with Gasteiger partial charge in [-0.1, -0.05) is 27.7 Å². The second-order valence-electron chi connectivity index (χ2n) is 9.02. The summed E-state index contributed by atoms with van der Waals surface area (Å²) in [5.41, 5.74) is 2.43. The lowest BCUT2D eigenvalue weighted by atomic mass is 9.81. The third-order valence-electron chi connectivity index (χ3n) is 6.26. The van der Waals surface area contributed by atoms with Crippen LogP contribution in [0.4, 0.5) is 8.78 Å². The number of aromatic nitrogens is 2. The first kappa shape index (κ1) is 20.4. The van der Waals surface area contributed by atoms with Gasteiger partial charge < -0.3 is 0 Å². The van der Waals surface area contributed by atoms with Crippen LogP contribution in [0.3, 0.4) is 0 Å². The van der Waals surface area contributed by atoms with Gasteiger partial charge in [-0.3, -0.25) is 4.98 Å². The lowest BCUT2D eigenvalue weighted by molar-refractivity contribution is 0.414. The van der Waals surface area contributed by atoms with Gasteiger partial charge in [0.2, 0.25) is 5.95 Å². The monoisotopic (exact) mass is 512 g/mol. The molecule has 28 heavy (non-hydrogen) atoms. The Morgan fingerprint density at radius 2 is 1.82 bits per heavy atom. The smallest absolute Gasteiger partial charge is 0.216 e. The second-order valence-corrected chi connectivity index (χ2v) is 10.7. The lowest BCUT2D eigenvalue weighted by Gasteiger charge is -2.26. The number of halogens is 4. The van der Waals surface area contributed by atoms with Crippen LogP contribution in [0.1, 0.15) is 87.2 Å². The van der Waals surface area contributed by atoms with Crippen molar-refractivity contribution in [1.29, 1.82) is 0 Å². The summed E-state index contributed by atoms with van der Waals surface area (Å²) in [6.07, 6.45) is 4.59. The summed E-state index contributed by atoms with van der Waals surface area (Å²) in [6, 6.07) is 1.89. The molecular formula is C22H24Br2F2N2. The maximum Gasteiger partial charge on any atom is 0.216 e. The molecule has 2 nitrogen and oxygen atoms in total. The third kappa shape index (κ3) is 3.45. The van der Waals surface area contributed by atoms with Crippen LogP contribution in [0.2, 0.25) is 0 Å². The molecule has 150 valence electrons. The van der Waals surface area contributed by atoms with Gasteiger partial charge in [0.05, 0.1) is 15.9 Å². The predicted molar refractivity (Wildman–Crippen MR) is 114 cm³/mol. The number of hydrogen-bond donors (Lipinski definition) is 0. The summed E-state index contributed by atoms with van der Waals surface area (Å²) in [5, 5.41) is 0. The molecule has 0 amide bonds. The van der Waals surface area contributed by atoms with Crippen LogP contribution in [0, 0.1) is 17.7 Å². The van der Waals surface area contributed by atoms with Gasteiger partial charge in [-0.05, 0) is 80.9 Å². The van der Waals surface area contributed by atoms with Gasteiger partial charge in [0.25, 0.3) is 0 Å². The number of pyridine rings is 2. The molecule has 2 fully saturated rings. The molecular weight excluding hydrogens is 490 g/mol. The first-order chi connectivity index (χ1) is 13.1. The summed E-state index contributed by atoms with van der Waals surface area (Å²) in [6.45, 7) is 8.14. The fourth-order valence-corrected chi connectivity index (χ4v) is 5.91. The fourth-order valence-electron chi connectivity index (χ4n) is 4.28. The molecule has 2 aliphatic carbocycles. The Bertz CT molecular complexity index is 939. The molecule has 2 atom stereocenters. The molecule has 2 aromatic heterocycles. The Morgan fingerprint density at radius 3 is 2.43 bits per heavy atom. The summed E-state index contributed by atoms with van der Waals surface area (Å²) >= 11 is 7.00. The zero-order chi connectivity index (χ0) is 20.4. The Hall–Kier alpha value is -0.880. The average molecular weight is 514 g/mol. The van der Waals surface area contributed by atoms with Gasteiger partial charge in [-0.25, -0.2) is 9.37 Å². The third-order valence-corrected chi connectivity index (χ3v) is 7.62. The van der Waals surface area contributed by atoms with Crippen LogP contribution >= 0.6 is 31.9 Å². The minimum atomic E-state index is -0.373. The van der Waals surface area contributed by atoms with Crippen molar-refractivity contribution in [2.75, 3.05) is 0 Å². The van der Waals surface area contributed by atoms with Gasteiger partial charge in [0, 0.05) is 27.2 Å². The van der Waals surface area contributed by atoms with Crippen LogP contribution in [0.25, 0.3) is 0 Å². The van der Waals surface area contributed by atoms with E-state index in [1.807, 2.05) is 19.9 Å². The molecule has 0 bridgehead atoms. The number of hydrogen-bond acceptors (Lipinski definition) is 2. The van der Waals surface area contributed by atoms with Crippen molar-refractivity contribution in [1.82, 2.24) is 9.97 Å². The first-order valence-corrected chi connectivity index (χ1v) is 11.4. The molecule has 2 unspecified atom stereocenters. The van der Waals surface area contributed by atoms with E-state index in [0.29, 0.717) is 27.2 Å². The largest absolute Gasteiger partial charge is 0.259 e. The van der Waals surface area contributed by atoms with Gasteiger partial charge in [0.1, 0.15) is 5.82 Å². The molecule has 2 heterocycles. The minimum Gasteiger partial charge on any atom is -0.259 e. The molecule has 0 aliphatic heterocycles. The molecule has 0 aromatic carbocycles. The van der Waals surface area contributed by atoms with Crippen LogP contribution in [0.5, 0.6) is 0 Å². The minimum absolute atomic E-state index is 0.0693. The highest BCUT2D eigenvalue weighted by atomic mass is 79.9. The van der Waals surface area contributed by atoms with Crippen molar-refractivity contribution in [2.45, 2.75) is 70.1 Å². The molecule has 2 aromatic rings. The van der Waals surface area contributed by atoms with Crippen LogP contribution in [-0.2, 0) is 5.41 Å². The maximum absolute atomic E-state index is 15.0. The summed E-state index contributed by atoms with van der Waals surface area (Å²) < 4.78 is 30.9. The van der Waals surface area contributed by atoms with Crippen molar-refractivity contribution in [3.8, 4) is 0 Å². The van der Waals surface area contributed by atoms with Crippen molar-refractivity contribution in [2.24, 2.45) is 5.92 Å². The quantitative estimate of drug-likeness (QED) is 0.390. The predicted octanol–water partition coefficient (Wildman–Crippen LogP) is 7.36. The highest BCUT2D eigenvalue weighted by molar-refractivity contribution is 9.10. The van der Waals surface area contributed by atoms with Crippen LogP contribution < -0.4 is 0 Å². The highest BCUT2D eigenvalue weighted by Gasteiger charge is 2.52.